The van der Waals surface area contributed by atoms with E-state index in [1.165, 1.54) is 22.5 Å². The highest BCUT2D eigenvalue weighted by Gasteiger charge is 2.32. The topological polar surface area (TPSA) is 71.3 Å². The molecule has 1 saturated heterocycles. The highest BCUT2D eigenvalue weighted by Crippen LogP contribution is 2.34. The summed E-state index contributed by atoms with van der Waals surface area (Å²) in [6, 6.07) is 14.1. The molecular weight excluding hydrogens is 470 g/mol. The molecule has 5 heterocycles. The van der Waals surface area contributed by atoms with Gasteiger partial charge in [0.05, 0.1) is 21.8 Å². The molecule has 4 aromatic rings. The van der Waals surface area contributed by atoms with Crippen LogP contribution in [0.15, 0.2) is 42.5 Å². The lowest BCUT2D eigenvalue weighted by atomic mass is 9.89. The van der Waals surface area contributed by atoms with Gasteiger partial charge in [-0.2, -0.15) is 5.10 Å². The fraction of sp³-hybridized carbons (Fsp3) is 0.357. The zero-order valence-corrected chi connectivity index (χ0v) is 21.6. The first kappa shape index (κ1) is 22.9. The molecule has 1 aromatic carbocycles. The Hall–Kier alpha value is -3.52. The van der Waals surface area contributed by atoms with Crippen molar-refractivity contribution in [2.45, 2.75) is 45.7 Å². The molecule has 0 bridgehead atoms. The zero-order valence-electron chi connectivity index (χ0n) is 20.8. The van der Waals surface area contributed by atoms with E-state index in [4.69, 9.17) is 4.98 Å². The van der Waals surface area contributed by atoms with Gasteiger partial charge in [0.1, 0.15) is 4.83 Å². The van der Waals surface area contributed by atoms with Crippen LogP contribution in [-0.4, -0.2) is 49.5 Å². The predicted octanol–water partition coefficient (Wildman–Crippen LogP) is 4.82. The number of hydrogen-bond acceptors (Lipinski definition) is 5. The molecule has 7 nitrogen and oxygen atoms in total. The maximum atomic E-state index is 13.6. The minimum Gasteiger partial charge on any atom is -0.338 e. The van der Waals surface area contributed by atoms with Crippen molar-refractivity contribution in [1.29, 1.82) is 0 Å². The largest absolute Gasteiger partial charge is 0.338 e. The average Bonchev–Trinajstić information content (AvgIpc) is 3.59. The van der Waals surface area contributed by atoms with Crippen molar-refractivity contribution in [3.05, 3.63) is 81.1 Å². The Morgan fingerprint density at radius 1 is 0.944 bits per heavy atom. The minimum absolute atomic E-state index is 0.0430. The standard InChI is InChI=1S/C28H29N5O2S/c1-17-8-9-22(26(34)33-15-20-6-4-5-7-21(20)16-33)25(29-17)19-10-12-32(13-11-19)27(35)24-14-23-18(2)30-31(3)28(23)36-24/h4-9,14,19H,10-13,15-16H2,1-3H3. The molecule has 0 radical (unpaired) electrons. The van der Waals surface area contributed by atoms with Crippen LogP contribution in [0.3, 0.4) is 0 Å². The van der Waals surface area contributed by atoms with Crippen molar-refractivity contribution in [3.63, 3.8) is 0 Å². The summed E-state index contributed by atoms with van der Waals surface area (Å²) < 4.78 is 1.85. The minimum atomic E-state index is 0.0430. The summed E-state index contributed by atoms with van der Waals surface area (Å²) in [5, 5.41) is 5.49. The Kier molecular flexibility index (Phi) is 5.63. The van der Waals surface area contributed by atoms with Crippen LogP contribution in [0.2, 0.25) is 0 Å². The smallest absolute Gasteiger partial charge is 0.264 e. The molecule has 0 N–H and O–H groups in total. The third-order valence-electron chi connectivity index (χ3n) is 7.50. The van der Waals surface area contributed by atoms with Crippen LogP contribution in [0.4, 0.5) is 0 Å². The van der Waals surface area contributed by atoms with Crippen molar-refractivity contribution >= 4 is 33.4 Å². The lowest BCUT2D eigenvalue weighted by Crippen LogP contribution is -2.38. The number of amides is 2. The zero-order chi connectivity index (χ0) is 25.0. The molecule has 0 atom stereocenters. The SMILES string of the molecule is Cc1ccc(C(=O)N2Cc3ccccc3C2)c(C2CCN(C(=O)c3cc4c(C)nn(C)c4s3)CC2)n1. The van der Waals surface area contributed by atoms with Crippen LogP contribution in [-0.2, 0) is 20.1 Å². The summed E-state index contributed by atoms with van der Waals surface area (Å²) in [5.41, 5.74) is 5.87. The molecule has 2 amide bonds. The van der Waals surface area contributed by atoms with Gasteiger partial charge >= 0.3 is 0 Å². The quantitative estimate of drug-likeness (QED) is 0.405. The van der Waals surface area contributed by atoms with E-state index in [2.05, 4.69) is 17.2 Å². The first-order valence-electron chi connectivity index (χ1n) is 12.4. The molecule has 2 aliphatic rings. The molecule has 184 valence electrons. The maximum absolute atomic E-state index is 13.6. The number of aromatic nitrogens is 3. The molecule has 1 fully saturated rings. The number of aryl methyl sites for hydroxylation is 3. The van der Waals surface area contributed by atoms with Crippen LogP contribution in [0.5, 0.6) is 0 Å². The molecule has 2 aliphatic heterocycles. The van der Waals surface area contributed by atoms with E-state index < -0.39 is 0 Å². The molecule has 8 heteroatoms. The van der Waals surface area contributed by atoms with E-state index in [0.29, 0.717) is 31.7 Å². The Bertz CT molecular complexity index is 1440. The number of rotatable bonds is 3. The van der Waals surface area contributed by atoms with Gasteiger partial charge < -0.3 is 9.80 Å². The number of nitrogens with zero attached hydrogens (tertiary/aromatic N) is 5. The van der Waals surface area contributed by atoms with Gasteiger partial charge in [0.15, 0.2) is 0 Å². The number of carbonyl (C=O) groups is 2. The van der Waals surface area contributed by atoms with Gasteiger partial charge in [0.2, 0.25) is 0 Å². The number of hydrogen-bond donors (Lipinski definition) is 0. The maximum Gasteiger partial charge on any atom is 0.264 e. The van der Waals surface area contributed by atoms with Crippen molar-refractivity contribution in [3.8, 4) is 0 Å². The summed E-state index contributed by atoms with van der Waals surface area (Å²) in [6.45, 7) is 6.55. The van der Waals surface area contributed by atoms with Crippen molar-refractivity contribution in [1.82, 2.24) is 24.6 Å². The van der Waals surface area contributed by atoms with Gasteiger partial charge in [-0.05, 0) is 56.0 Å². The van der Waals surface area contributed by atoms with E-state index in [-0.39, 0.29) is 17.7 Å². The summed E-state index contributed by atoms with van der Waals surface area (Å²) in [5.74, 6) is 0.283. The first-order chi connectivity index (χ1) is 17.4. The first-order valence-corrected chi connectivity index (χ1v) is 13.3. The summed E-state index contributed by atoms with van der Waals surface area (Å²) in [7, 11) is 1.92. The highest BCUT2D eigenvalue weighted by molar-refractivity contribution is 7.20. The van der Waals surface area contributed by atoms with Gasteiger partial charge in [-0.3, -0.25) is 19.3 Å². The van der Waals surface area contributed by atoms with Gasteiger partial charge in [0.25, 0.3) is 11.8 Å². The second-order valence-corrected chi connectivity index (χ2v) is 11.0. The predicted molar refractivity (Wildman–Crippen MR) is 140 cm³/mol. The Morgan fingerprint density at radius 2 is 1.64 bits per heavy atom. The molecule has 6 rings (SSSR count). The van der Waals surface area contributed by atoms with Gasteiger partial charge in [-0.1, -0.05) is 24.3 Å². The second kappa shape index (κ2) is 8.85. The number of benzene rings is 1. The fourth-order valence-corrected chi connectivity index (χ4v) is 6.63. The number of carbonyl (C=O) groups excluding carboxylic acids is 2. The third kappa shape index (κ3) is 3.89. The van der Waals surface area contributed by atoms with Gasteiger partial charge in [0, 0.05) is 50.2 Å². The van der Waals surface area contributed by atoms with E-state index >= 15 is 0 Å². The molecule has 0 unspecified atom stereocenters. The fourth-order valence-electron chi connectivity index (χ4n) is 5.54. The molecule has 0 spiro atoms. The van der Waals surface area contributed by atoms with E-state index in [1.54, 1.807) is 0 Å². The Labute approximate surface area is 214 Å². The normalized spacial score (nSPS) is 16.1. The summed E-state index contributed by atoms with van der Waals surface area (Å²) in [4.78, 5) is 37.4. The van der Waals surface area contributed by atoms with Crippen LogP contribution in [0.1, 0.15) is 67.0 Å². The molecular formula is C28H29N5O2S. The summed E-state index contributed by atoms with van der Waals surface area (Å²) in [6.07, 6.45) is 1.60. The third-order valence-corrected chi connectivity index (χ3v) is 8.69. The van der Waals surface area contributed by atoms with Crippen LogP contribution < -0.4 is 0 Å². The van der Waals surface area contributed by atoms with Crippen molar-refractivity contribution < 1.29 is 9.59 Å². The second-order valence-electron chi connectivity index (χ2n) is 9.92. The van der Waals surface area contributed by atoms with Crippen LogP contribution >= 0.6 is 11.3 Å². The molecule has 0 aliphatic carbocycles. The molecule has 3 aromatic heterocycles. The number of fused-ring (bicyclic) bond motifs is 2. The Balaban J connectivity index is 1.18. The highest BCUT2D eigenvalue weighted by atomic mass is 32.1. The van der Waals surface area contributed by atoms with Gasteiger partial charge in [-0.15, -0.1) is 11.3 Å². The van der Waals surface area contributed by atoms with Crippen molar-refractivity contribution in [2.24, 2.45) is 7.05 Å². The number of pyridine rings is 1. The molecule has 36 heavy (non-hydrogen) atoms. The lowest BCUT2D eigenvalue weighted by Gasteiger charge is -2.32. The van der Waals surface area contributed by atoms with E-state index in [0.717, 1.165) is 45.0 Å². The lowest BCUT2D eigenvalue weighted by molar-refractivity contribution is 0.0707. The Morgan fingerprint density at radius 3 is 2.31 bits per heavy atom. The number of thiophene rings is 1. The molecule has 0 saturated carbocycles. The summed E-state index contributed by atoms with van der Waals surface area (Å²) >= 11 is 1.51. The van der Waals surface area contributed by atoms with E-state index in [9.17, 15) is 9.59 Å². The van der Waals surface area contributed by atoms with Crippen LogP contribution in [0, 0.1) is 13.8 Å². The number of likely N-dealkylation sites (tertiary alicyclic amines) is 1. The number of piperidine rings is 1. The average molecular weight is 500 g/mol. The monoisotopic (exact) mass is 499 g/mol. The van der Waals surface area contributed by atoms with Crippen molar-refractivity contribution in [2.75, 3.05) is 13.1 Å². The van der Waals surface area contributed by atoms with Crippen LogP contribution in [0.25, 0.3) is 10.2 Å². The van der Waals surface area contributed by atoms with Gasteiger partial charge in [-0.25, -0.2) is 0 Å². The van der Waals surface area contributed by atoms with E-state index in [1.807, 2.05) is 65.7 Å².